The van der Waals surface area contributed by atoms with E-state index in [0.29, 0.717) is 17.9 Å². The zero-order valence-electron chi connectivity index (χ0n) is 14.8. The van der Waals surface area contributed by atoms with E-state index in [4.69, 9.17) is 18.0 Å². The van der Waals surface area contributed by atoms with Gasteiger partial charge in [-0.2, -0.15) is 9.78 Å². The van der Waals surface area contributed by atoms with Gasteiger partial charge in [0.25, 0.3) is 0 Å². The molecule has 0 radical (unpaired) electrons. The van der Waals surface area contributed by atoms with Crippen LogP contribution in [0.3, 0.4) is 0 Å². The Labute approximate surface area is 156 Å². The van der Waals surface area contributed by atoms with Crippen molar-refractivity contribution >= 4 is 23.8 Å². The topological polar surface area (TPSA) is 73.5 Å². The maximum Gasteiger partial charge on any atom is 0.217 e. The molecule has 1 aliphatic heterocycles. The van der Waals surface area contributed by atoms with Crippen molar-refractivity contribution in [2.75, 3.05) is 31.1 Å². The fraction of sp³-hybridized carbons (Fsp3) is 0.471. The Kier molecular flexibility index (Phi) is 5.67. The third kappa shape index (κ3) is 4.28. The second kappa shape index (κ2) is 7.96. The van der Waals surface area contributed by atoms with Gasteiger partial charge in [0.1, 0.15) is 11.6 Å². The van der Waals surface area contributed by atoms with Crippen LogP contribution in [-0.2, 0) is 24.9 Å². The summed E-state index contributed by atoms with van der Waals surface area (Å²) >= 11 is 5.46. The van der Waals surface area contributed by atoms with Gasteiger partial charge in [0.2, 0.25) is 10.7 Å². The van der Waals surface area contributed by atoms with Crippen LogP contribution in [0.2, 0.25) is 0 Å². The quantitative estimate of drug-likeness (QED) is 0.686. The number of nitrogens with zero attached hydrogens (tertiary/aromatic N) is 4. The fourth-order valence-electron chi connectivity index (χ4n) is 3.19. The third-order valence-electron chi connectivity index (χ3n) is 4.76. The number of nitrogens with two attached hydrogens (primary N) is 1. The minimum absolute atomic E-state index is 0.213. The number of benzene rings is 1. The Morgan fingerprint density at radius 1 is 1.31 bits per heavy atom. The molecule has 1 aromatic heterocycles. The largest absolute Gasteiger partial charge is 0.370 e. The highest BCUT2D eigenvalue weighted by atomic mass is 32.1. The van der Waals surface area contributed by atoms with Crippen LogP contribution >= 0.6 is 12.2 Å². The number of nitrogens with one attached hydrogen (secondary N) is 1. The van der Waals surface area contributed by atoms with Gasteiger partial charge in [-0.05, 0) is 36.5 Å². The Morgan fingerprint density at radius 3 is 2.58 bits per heavy atom. The van der Waals surface area contributed by atoms with E-state index in [0.717, 1.165) is 37.7 Å². The molecule has 0 bridgehead atoms. The number of halogens is 1. The summed E-state index contributed by atoms with van der Waals surface area (Å²) in [5.74, 6) is 0.223. The number of anilines is 1. The number of aromatic nitrogens is 3. The van der Waals surface area contributed by atoms with Crippen molar-refractivity contribution < 1.29 is 14.1 Å². The van der Waals surface area contributed by atoms with Crippen LogP contribution in [0, 0.1) is 10.6 Å². The van der Waals surface area contributed by atoms with Crippen LogP contribution in [0.15, 0.2) is 24.3 Å². The predicted molar refractivity (Wildman–Crippen MR) is 98.9 cm³/mol. The molecule has 0 aliphatic carbocycles. The molecule has 1 aliphatic rings. The molecule has 9 heteroatoms. The van der Waals surface area contributed by atoms with Crippen LogP contribution in [0.5, 0.6) is 0 Å². The van der Waals surface area contributed by atoms with Crippen molar-refractivity contribution in [2.24, 2.45) is 12.8 Å². The number of hydrogen-bond donors (Lipinski definition) is 2. The lowest BCUT2D eigenvalue weighted by Gasteiger charge is -2.33. The van der Waals surface area contributed by atoms with E-state index in [1.807, 2.05) is 28.4 Å². The molecule has 140 valence electrons. The average Bonchev–Trinajstić information content (AvgIpc) is 2.89. The Morgan fingerprint density at radius 2 is 1.96 bits per heavy atom. The summed E-state index contributed by atoms with van der Waals surface area (Å²) in [5.41, 5.74) is 6.27. The summed E-state index contributed by atoms with van der Waals surface area (Å²) < 4.78 is 17.4. The molecule has 0 saturated carbocycles. The molecule has 3 rings (SSSR count). The molecular formula is C17H24FN6OS+. The number of primary amides is 1. The van der Waals surface area contributed by atoms with Crippen LogP contribution in [0.25, 0.3) is 0 Å². The van der Waals surface area contributed by atoms with Crippen molar-refractivity contribution in [2.45, 2.75) is 19.5 Å². The first kappa shape index (κ1) is 18.5. The first-order valence-corrected chi connectivity index (χ1v) is 9.10. The summed E-state index contributed by atoms with van der Waals surface area (Å²) in [7, 11) is 1.87. The first-order valence-electron chi connectivity index (χ1n) is 8.69. The first-order chi connectivity index (χ1) is 12.4. The Bertz CT molecular complexity index is 823. The third-order valence-corrected chi connectivity index (χ3v) is 5.25. The van der Waals surface area contributed by atoms with Crippen molar-refractivity contribution in [1.29, 1.82) is 0 Å². The van der Waals surface area contributed by atoms with Crippen LogP contribution in [0.4, 0.5) is 10.1 Å². The smallest absolute Gasteiger partial charge is 0.217 e. The van der Waals surface area contributed by atoms with Gasteiger partial charge in [-0.3, -0.25) is 4.79 Å². The Balaban J connectivity index is 1.59. The number of hydrogen-bond acceptors (Lipinski definition) is 4. The van der Waals surface area contributed by atoms with Crippen LogP contribution < -0.4 is 15.5 Å². The van der Waals surface area contributed by atoms with Gasteiger partial charge in [0, 0.05) is 25.6 Å². The predicted octanol–water partition coefficient (Wildman–Crippen LogP) is -0.129. The summed E-state index contributed by atoms with van der Waals surface area (Å²) in [6, 6.07) is 6.63. The lowest BCUT2D eigenvalue weighted by Crippen LogP contribution is -3.14. The van der Waals surface area contributed by atoms with E-state index >= 15 is 0 Å². The monoisotopic (exact) mass is 379 g/mol. The zero-order valence-corrected chi connectivity index (χ0v) is 15.6. The molecule has 0 spiro atoms. The minimum atomic E-state index is -0.340. The lowest BCUT2D eigenvalue weighted by molar-refractivity contribution is -0.924. The molecule has 26 heavy (non-hydrogen) atoms. The second-order valence-electron chi connectivity index (χ2n) is 6.60. The van der Waals surface area contributed by atoms with Crippen molar-refractivity contribution in [3.63, 3.8) is 0 Å². The van der Waals surface area contributed by atoms with E-state index in [2.05, 4.69) is 10.00 Å². The molecule has 0 unspecified atom stereocenters. The van der Waals surface area contributed by atoms with Gasteiger partial charge in [0.05, 0.1) is 26.2 Å². The number of amides is 1. The Hall–Kier alpha value is -2.26. The highest BCUT2D eigenvalue weighted by Crippen LogP contribution is 2.14. The van der Waals surface area contributed by atoms with Gasteiger partial charge in [-0.25, -0.2) is 4.39 Å². The summed E-state index contributed by atoms with van der Waals surface area (Å²) in [6.45, 7) is 4.39. The molecule has 1 amide bonds. The van der Waals surface area contributed by atoms with Gasteiger partial charge in [-0.1, -0.05) is 0 Å². The van der Waals surface area contributed by atoms with Crippen molar-refractivity contribution in [1.82, 2.24) is 14.3 Å². The molecular weight excluding hydrogens is 355 g/mol. The van der Waals surface area contributed by atoms with Crippen LogP contribution in [-0.4, -0.2) is 46.4 Å². The van der Waals surface area contributed by atoms with Crippen molar-refractivity contribution in [3.05, 3.63) is 40.7 Å². The molecule has 7 nitrogen and oxygen atoms in total. The maximum atomic E-state index is 13.1. The van der Waals surface area contributed by atoms with Gasteiger partial charge in [0.15, 0.2) is 6.67 Å². The molecule has 1 saturated heterocycles. The molecule has 1 aromatic carbocycles. The van der Waals surface area contributed by atoms with E-state index in [1.165, 1.54) is 17.0 Å². The zero-order chi connectivity index (χ0) is 18.7. The molecule has 3 N–H and O–H groups in total. The summed E-state index contributed by atoms with van der Waals surface area (Å²) in [4.78, 5) is 14.6. The maximum absolute atomic E-state index is 13.1. The number of piperazine rings is 1. The van der Waals surface area contributed by atoms with E-state index < -0.39 is 0 Å². The van der Waals surface area contributed by atoms with Gasteiger partial charge in [-0.15, -0.1) is 0 Å². The molecule has 2 aromatic rings. The average molecular weight is 379 g/mol. The summed E-state index contributed by atoms with van der Waals surface area (Å²) in [6.07, 6.45) is 0.763. The molecule has 1 fully saturated rings. The molecule has 0 atom stereocenters. The molecule has 2 heterocycles. The lowest BCUT2D eigenvalue weighted by atomic mass is 10.2. The highest BCUT2D eigenvalue weighted by Gasteiger charge is 2.21. The SMILES string of the molecule is Cn1c(CCC(N)=O)nn(C[NH+]2CCN(c3ccc(F)cc3)CC2)c1=S. The highest BCUT2D eigenvalue weighted by molar-refractivity contribution is 7.71. The second-order valence-corrected chi connectivity index (χ2v) is 6.96. The summed E-state index contributed by atoms with van der Waals surface area (Å²) in [5, 5.41) is 4.55. The number of quaternary nitrogens is 1. The van der Waals surface area contributed by atoms with E-state index in [-0.39, 0.29) is 18.1 Å². The van der Waals surface area contributed by atoms with Gasteiger partial charge < -0.3 is 20.1 Å². The van der Waals surface area contributed by atoms with E-state index in [1.54, 1.807) is 0 Å². The van der Waals surface area contributed by atoms with Gasteiger partial charge >= 0.3 is 0 Å². The van der Waals surface area contributed by atoms with Crippen LogP contribution in [0.1, 0.15) is 12.2 Å². The van der Waals surface area contributed by atoms with E-state index in [9.17, 15) is 9.18 Å². The number of carbonyl (C=O) groups excluding carboxylic acids is 1. The fourth-order valence-corrected chi connectivity index (χ4v) is 3.40. The minimum Gasteiger partial charge on any atom is -0.370 e. The number of rotatable bonds is 6. The normalized spacial score (nSPS) is 15.4. The standard InChI is InChI=1S/C17H23FN6OS/c1-21-16(7-6-15(19)25)20-24(17(21)26)12-22-8-10-23(11-9-22)14-4-2-13(18)3-5-14/h2-5H,6-12H2,1H3,(H2,19,25)/p+1. The number of carbonyl (C=O) groups is 1. The van der Waals surface area contributed by atoms with Crippen molar-refractivity contribution in [3.8, 4) is 0 Å². The number of aryl methyl sites for hydroxylation is 1.